The fourth-order valence-corrected chi connectivity index (χ4v) is 4.58. The van der Waals surface area contributed by atoms with E-state index in [4.69, 9.17) is 16.7 Å². The Kier molecular flexibility index (Phi) is 4.88. The predicted octanol–water partition coefficient (Wildman–Crippen LogP) is 4.44. The van der Waals surface area contributed by atoms with Crippen LogP contribution in [0.15, 0.2) is 65.8 Å². The van der Waals surface area contributed by atoms with Gasteiger partial charge in [0, 0.05) is 28.7 Å². The van der Waals surface area contributed by atoms with Gasteiger partial charge in [-0.3, -0.25) is 9.36 Å². The molecule has 0 aliphatic carbocycles. The lowest BCUT2D eigenvalue weighted by Crippen LogP contribution is -2.23. The number of aromatic amines is 1. The molecule has 4 aromatic heterocycles. The Morgan fingerprint density at radius 1 is 1.06 bits per heavy atom. The van der Waals surface area contributed by atoms with Gasteiger partial charge in [-0.05, 0) is 42.2 Å². The number of nitrogens with one attached hydrogen (secondary N) is 1. The number of H-pyrrole nitrogens is 1. The van der Waals surface area contributed by atoms with E-state index in [1.54, 1.807) is 15.4 Å². The second-order valence-corrected chi connectivity index (χ2v) is 8.58. The van der Waals surface area contributed by atoms with Crippen molar-refractivity contribution in [2.45, 2.75) is 26.3 Å². The molecule has 1 N–H and O–H groups in total. The van der Waals surface area contributed by atoms with Gasteiger partial charge in [0.1, 0.15) is 6.33 Å². The molecule has 0 fully saturated rings. The van der Waals surface area contributed by atoms with Crippen molar-refractivity contribution in [3.05, 3.63) is 87.7 Å². The monoisotopic (exact) mass is 469 g/mol. The summed E-state index contributed by atoms with van der Waals surface area (Å²) in [5.41, 5.74) is 5.86. The Morgan fingerprint density at radius 3 is 2.74 bits per heavy atom. The van der Waals surface area contributed by atoms with E-state index in [-0.39, 0.29) is 11.1 Å². The van der Waals surface area contributed by atoms with Crippen molar-refractivity contribution in [3.8, 4) is 11.1 Å². The van der Waals surface area contributed by atoms with E-state index in [0.717, 1.165) is 39.7 Å². The molecule has 9 heteroatoms. The normalized spacial score (nSPS) is 11.7. The Bertz CT molecular complexity index is 1730. The molecule has 0 aliphatic rings. The van der Waals surface area contributed by atoms with Gasteiger partial charge in [-0.2, -0.15) is 9.61 Å². The maximum absolute atomic E-state index is 13.2. The summed E-state index contributed by atoms with van der Waals surface area (Å²) in [6.07, 6.45) is 4.87. The van der Waals surface area contributed by atoms with Crippen LogP contribution in [0.2, 0.25) is 5.02 Å². The first-order chi connectivity index (χ1) is 16.6. The zero-order valence-corrected chi connectivity index (χ0v) is 19.1. The van der Waals surface area contributed by atoms with Gasteiger partial charge in [0.15, 0.2) is 16.8 Å². The fraction of sp³-hybridized carbons (Fsp3) is 0.160. The molecule has 0 aliphatic heterocycles. The van der Waals surface area contributed by atoms with Gasteiger partial charge in [0.25, 0.3) is 5.56 Å². The van der Waals surface area contributed by atoms with E-state index in [9.17, 15) is 4.79 Å². The molecule has 2 aromatic carbocycles. The summed E-state index contributed by atoms with van der Waals surface area (Å²) in [5, 5.41) is 15.1. The Morgan fingerprint density at radius 2 is 1.91 bits per heavy atom. The van der Waals surface area contributed by atoms with Crippen LogP contribution in [0.1, 0.15) is 18.2 Å². The van der Waals surface area contributed by atoms with Gasteiger partial charge >= 0.3 is 0 Å². The third kappa shape index (κ3) is 3.26. The van der Waals surface area contributed by atoms with E-state index in [1.807, 2.05) is 61.7 Å². The Balaban J connectivity index is 1.41. The standard InChI is InChI=1S/C25H20ClN7O/c1-2-19-21(15-6-4-3-5-7-15)23-30-29-22-24(33(23)31-19)28-14-32(25(22)34)11-10-16-13-27-20-9-8-17(26)12-18(16)20/h3-9,12-14,27H,2,10-11H2,1H3. The Hall–Kier alpha value is -4.04. The van der Waals surface area contributed by atoms with Crippen LogP contribution < -0.4 is 5.56 Å². The smallest absolute Gasteiger partial charge is 0.283 e. The summed E-state index contributed by atoms with van der Waals surface area (Å²) in [6, 6.07) is 15.7. The van der Waals surface area contributed by atoms with Gasteiger partial charge in [0.2, 0.25) is 0 Å². The van der Waals surface area contributed by atoms with Crippen molar-refractivity contribution in [2.75, 3.05) is 0 Å². The largest absolute Gasteiger partial charge is 0.361 e. The van der Waals surface area contributed by atoms with Crippen LogP contribution >= 0.6 is 11.6 Å². The van der Waals surface area contributed by atoms with Crippen LogP contribution in [0.3, 0.4) is 0 Å². The van der Waals surface area contributed by atoms with Gasteiger partial charge in [0.05, 0.1) is 11.3 Å². The SMILES string of the molecule is CCc1nn2c(nnc3c(=O)n(CCc4c[nH]c5ccc(Cl)cc45)cnc32)c1-c1ccccc1. The molecule has 0 spiro atoms. The van der Waals surface area contributed by atoms with Crippen molar-refractivity contribution in [1.82, 2.24) is 34.3 Å². The predicted molar refractivity (Wildman–Crippen MR) is 132 cm³/mol. The second kappa shape index (κ2) is 8.07. The molecule has 6 rings (SSSR count). The lowest BCUT2D eigenvalue weighted by atomic mass is 10.0. The number of hydrogen-bond donors (Lipinski definition) is 1. The number of rotatable bonds is 5. The maximum Gasteiger partial charge on any atom is 0.283 e. The van der Waals surface area contributed by atoms with Crippen LogP contribution in [0.25, 0.3) is 38.8 Å². The lowest BCUT2D eigenvalue weighted by molar-refractivity contribution is 0.659. The minimum absolute atomic E-state index is 0.196. The molecule has 6 aromatic rings. The molecular formula is C25H20ClN7O. The summed E-state index contributed by atoms with van der Waals surface area (Å²) >= 11 is 6.16. The van der Waals surface area contributed by atoms with Crippen molar-refractivity contribution in [1.29, 1.82) is 0 Å². The first-order valence-electron chi connectivity index (χ1n) is 11.1. The summed E-state index contributed by atoms with van der Waals surface area (Å²) in [5.74, 6) is 0. The van der Waals surface area contributed by atoms with Crippen molar-refractivity contribution in [2.24, 2.45) is 0 Å². The molecule has 0 amide bonds. The molecule has 0 bridgehead atoms. The number of aromatic nitrogens is 7. The van der Waals surface area contributed by atoms with Crippen molar-refractivity contribution < 1.29 is 0 Å². The quantitative estimate of drug-likeness (QED) is 0.403. The van der Waals surface area contributed by atoms with Crippen LogP contribution in [0.5, 0.6) is 0 Å². The van der Waals surface area contributed by atoms with Crippen LogP contribution in [-0.4, -0.2) is 34.3 Å². The molecule has 168 valence electrons. The minimum atomic E-state index is -0.243. The van der Waals surface area contributed by atoms with E-state index < -0.39 is 0 Å². The summed E-state index contributed by atoms with van der Waals surface area (Å²) in [7, 11) is 0. The van der Waals surface area contributed by atoms with Crippen molar-refractivity contribution in [3.63, 3.8) is 0 Å². The van der Waals surface area contributed by atoms with Gasteiger partial charge in [-0.15, -0.1) is 10.2 Å². The number of nitrogens with zero attached hydrogens (tertiary/aromatic N) is 6. The average Bonchev–Trinajstić information content (AvgIpc) is 3.45. The molecule has 0 saturated heterocycles. The van der Waals surface area contributed by atoms with Crippen molar-refractivity contribution >= 4 is 39.3 Å². The van der Waals surface area contributed by atoms with E-state index in [0.29, 0.717) is 29.3 Å². The highest BCUT2D eigenvalue weighted by atomic mass is 35.5. The zero-order chi connectivity index (χ0) is 23.2. The average molecular weight is 470 g/mol. The lowest BCUT2D eigenvalue weighted by Gasteiger charge is -2.06. The van der Waals surface area contributed by atoms with Gasteiger partial charge < -0.3 is 4.98 Å². The molecule has 0 unspecified atom stereocenters. The van der Waals surface area contributed by atoms with E-state index in [2.05, 4.69) is 20.2 Å². The van der Waals surface area contributed by atoms with E-state index >= 15 is 0 Å². The molecule has 4 heterocycles. The Labute approximate surface area is 198 Å². The van der Waals surface area contributed by atoms with Gasteiger partial charge in [-0.1, -0.05) is 48.9 Å². The molecule has 34 heavy (non-hydrogen) atoms. The molecule has 0 atom stereocenters. The fourth-order valence-electron chi connectivity index (χ4n) is 4.41. The summed E-state index contributed by atoms with van der Waals surface area (Å²) in [4.78, 5) is 21.0. The molecular weight excluding hydrogens is 450 g/mol. The van der Waals surface area contributed by atoms with Gasteiger partial charge in [-0.25, -0.2) is 4.98 Å². The number of hydrogen-bond acceptors (Lipinski definition) is 5. The number of benzene rings is 2. The number of fused-ring (bicyclic) bond motifs is 4. The third-order valence-electron chi connectivity index (χ3n) is 6.12. The second-order valence-electron chi connectivity index (χ2n) is 8.15. The highest BCUT2D eigenvalue weighted by Gasteiger charge is 2.19. The topological polar surface area (TPSA) is 93.8 Å². The van der Waals surface area contributed by atoms with Crippen LogP contribution in [0, 0.1) is 0 Å². The summed E-state index contributed by atoms with van der Waals surface area (Å²) in [6.45, 7) is 2.50. The van der Waals surface area contributed by atoms with E-state index in [1.165, 1.54) is 0 Å². The molecule has 8 nitrogen and oxygen atoms in total. The zero-order valence-electron chi connectivity index (χ0n) is 18.4. The number of halogens is 1. The number of aryl methyl sites for hydroxylation is 3. The highest BCUT2D eigenvalue weighted by molar-refractivity contribution is 6.31. The van der Waals surface area contributed by atoms with Crippen LogP contribution in [0.4, 0.5) is 0 Å². The summed E-state index contributed by atoms with van der Waals surface area (Å²) < 4.78 is 3.20. The van der Waals surface area contributed by atoms with Crippen LogP contribution in [-0.2, 0) is 19.4 Å². The molecule has 0 radical (unpaired) electrons. The minimum Gasteiger partial charge on any atom is -0.361 e. The first kappa shape index (κ1) is 20.6. The first-order valence-corrected chi connectivity index (χ1v) is 11.5. The highest BCUT2D eigenvalue weighted by Crippen LogP contribution is 2.28. The molecule has 0 saturated carbocycles. The third-order valence-corrected chi connectivity index (χ3v) is 6.36. The maximum atomic E-state index is 13.2.